The molecule has 31 heavy (non-hydrogen) atoms. The number of hydrogen-bond donors (Lipinski definition) is 1. The zero-order valence-corrected chi connectivity index (χ0v) is 18.8. The molecule has 0 aliphatic carbocycles. The third-order valence-corrected chi connectivity index (χ3v) is 7.54. The van der Waals surface area contributed by atoms with Crippen LogP contribution in [0.2, 0.25) is 0 Å². The minimum atomic E-state index is -0.547. The first-order valence-corrected chi connectivity index (χ1v) is 11.7. The van der Waals surface area contributed by atoms with Crippen LogP contribution < -0.4 is 9.80 Å². The van der Waals surface area contributed by atoms with Gasteiger partial charge in [-0.15, -0.1) is 21.5 Å². The number of nitrogens with zero attached hydrogens (tertiary/aromatic N) is 6. The first-order chi connectivity index (χ1) is 15.1. The number of aromatic nitrogens is 4. The van der Waals surface area contributed by atoms with Crippen molar-refractivity contribution in [1.82, 2.24) is 20.4 Å². The van der Waals surface area contributed by atoms with E-state index in [4.69, 9.17) is 4.74 Å². The topological polar surface area (TPSA) is 87.5 Å². The fourth-order valence-corrected chi connectivity index (χ4v) is 5.50. The van der Waals surface area contributed by atoms with Gasteiger partial charge in [0.25, 0.3) is 0 Å². The highest BCUT2D eigenvalue weighted by Gasteiger charge is 2.30. The second-order valence-electron chi connectivity index (χ2n) is 8.40. The number of aliphatic hydroxyl groups excluding tert-OH is 1. The first kappa shape index (κ1) is 20.5. The van der Waals surface area contributed by atoms with Crippen molar-refractivity contribution in [2.24, 2.45) is 5.92 Å². The summed E-state index contributed by atoms with van der Waals surface area (Å²) in [5, 5.41) is 25.6. The van der Waals surface area contributed by atoms with E-state index in [1.807, 2.05) is 6.92 Å². The Balaban J connectivity index is 1.39. The van der Waals surface area contributed by atoms with Crippen LogP contribution in [0.15, 0.2) is 18.2 Å². The third kappa shape index (κ3) is 4.09. The monoisotopic (exact) mass is 440 g/mol. The summed E-state index contributed by atoms with van der Waals surface area (Å²) in [6.07, 6.45) is 1.43. The van der Waals surface area contributed by atoms with Crippen molar-refractivity contribution >= 4 is 33.7 Å². The van der Waals surface area contributed by atoms with Crippen LogP contribution in [0.25, 0.3) is 10.9 Å². The van der Waals surface area contributed by atoms with E-state index in [-0.39, 0.29) is 5.92 Å². The molecular formula is C22H28N6O2S. The van der Waals surface area contributed by atoms with Crippen LogP contribution in [0.4, 0.5) is 11.5 Å². The van der Waals surface area contributed by atoms with Crippen molar-refractivity contribution in [3.8, 4) is 0 Å². The van der Waals surface area contributed by atoms with E-state index >= 15 is 0 Å². The van der Waals surface area contributed by atoms with Crippen molar-refractivity contribution in [3.63, 3.8) is 0 Å². The fourth-order valence-electron chi connectivity index (χ4n) is 4.50. The van der Waals surface area contributed by atoms with E-state index in [2.05, 4.69) is 55.3 Å². The number of piperidine rings is 1. The Morgan fingerprint density at radius 2 is 1.97 bits per heavy atom. The molecule has 2 aliphatic rings. The molecule has 2 aliphatic heterocycles. The molecule has 5 rings (SSSR count). The lowest BCUT2D eigenvalue weighted by Crippen LogP contribution is -2.38. The third-order valence-electron chi connectivity index (χ3n) is 6.39. The zero-order chi connectivity index (χ0) is 21.4. The highest BCUT2D eigenvalue weighted by molar-refractivity contribution is 7.11. The molecule has 0 amide bonds. The zero-order valence-electron chi connectivity index (χ0n) is 18.0. The van der Waals surface area contributed by atoms with E-state index in [0.717, 1.165) is 85.3 Å². The fraction of sp³-hybridized carbons (Fsp3) is 0.545. The Morgan fingerprint density at radius 3 is 2.74 bits per heavy atom. The van der Waals surface area contributed by atoms with Gasteiger partial charge in [-0.2, -0.15) is 0 Å². The molecule has 1 aromatic carbocycles. The number of aliphatic hydroxyl groups is 1. The minimum absolute atomic E-state index is 0.122. The van der Waals surface area contributed by atoms with Gasteiger partial charge in [0.15, 0.2) is 5.82 Å². The average Bonchev–Trinajstić information content (AvgIpc) is 3.16. The predicted octanol–water partition coefficient (Wildman–Crippen LogP) is 2.88. The van der Waals surface area contributed by atoms with Crippen molar-refractivity contribution in [1.29, 1.82) is 0 Å². The Hall–Kier alpha value is -2.36. The van der Waals surface area contributed by atoms with E-state index in [1.54, 1.807) is 11.3 Å². The second-order valence-corrected chi connectivity index (χ2v) is 9.64. The molecule has 3 aromatic rings. The van der Waals surface area contributed by atoms with Crippen LogP contribution >= 0.6 is 11.3 Å². The van der Waals surface area contributed by atoms with Gasteiger partial charge in [0, 0.05) is 48.0 Å². The molecule has 1 unspecified atom stereocenters. The van der Waals surface area contributed by atoms with E-state index in [0.29, 0.717) is 0 Å². The largest absolute Gasteiger partial charge is 0.386 e. The summed E-state index contributed by atoms with van der Waals surface area (Å²) in [5.41, 5.74) is 3.00. The molecule has 0 spiro atoms. The lowest BCUT2D eigenvalue weighted by molar-refractivity contribution is 0.0976. The van der Waals surface area contributed by atoms with Gasteiger partial charge in [0.05, 0.1) is 18.9 Å². The Morgan fingerprint density at radius 1 is 1.13 bits per heavy atom. The molecule has 0 saturated carbocycles. The number of rotatable bonds is 4. The van der Waals surface area contributed by atoms with Crippen molar-refractivity contribution in [2.45, 2.75) is 32.8 Å². The van der Waals surface area contributed by atoms with Crippen LogP contribution in [-0.2, 0) is 4.74 Å². The van der Waals surface area contributed by atoms with Gasteiger partial charge >= 0.3 is 0 Å². The van der Waals surface area contributed by atoms with Crippen molar-refractivity contribution in [2.75, 3.05) is 49.2 Å². The number of aryl methyl sites for hydroxylation is 2. The summed E-state index contributed by atoms with van der Waals surface area (Å²) in [7, 11) is 0. The molecule has 2 atom stereocenters. The standard InChI is InChI=1S/C22H28N6O2S/c1-14-15(2)31-22(23-14)20(29)16-4-3-7-28(13-16)21-18-6-5-17(12-19(18)24-26-25-21)27-8-10-30-11-9-27/h5-6,12,16,20,29H,3-4,7-11,13H2,1-2H3/t16?,20-/m0/s1. The van der Waals surface area contributed by atoms with Gasteiger partial charge < -0.3 is 19.6 Å². The number of fused-ring (bicyclic) bond motifs is 1. The summed E-state index contributed by atoms with van der Waals surface area (Å²) in [5.74, 6) is 0.971. The van der Waals surface area contributed by atoms with Crippen LogP contribution in [0.5, 0.6) is 0 Å². The van der Waals surface area contributed by atoms with Crippen LogP contribution in [-0.4, -0.2) is 64.9 Å². The quantitative estimate of drug-likeness (QED) is 0.663. The van der Waals surface area contributed by atoms with E-state index < -0.39 is 6.10 Å². The summed E-state index contributed by atoms with van der Waals surface area (Å²) in [6.45, 7) is 8.97. The molecule has 0 radical (unpaired) electrons. The lowest BCUT2D eigenvalue weighted by atomic mass is 9.92. The minimum Gasteiger partial charge on any atom is -0.386 e. The van der Waals surface area contributed by atoms with Crippen LogP contribution in [0.3, 0.4) is 0 Å². The van der Waals surface area contributed by atoms with Gasteiger partial charge in [0.1, 0.15) is 16.6 Å². The summed E-state index contributed by atoms with van der Waals surface area (Å²) in [6, 6.07) is 6.33. The van der Waals surface area contributed by atoms with E-state index in [1.165, 1.54) is 4.88 Å². The van der Waals surface area contributed by atoms with Gasteiger partial charge in [-0.05, 0) is 50.1 Å². The van der Waals surface area contributed by atoms with Crippen LogP contribution in [0, 0.1) is 19.8 Å². The molecular weight excluding hydrogens is 412 g/mol. The summed E-state index contributed by atoms with van der Waals surface area (Å²) in [4.78, 5) is 10.3. The Kier molecular flexibility index (Phi) is 5.73. The summed E-state index contributed by atoms with van der Waals surface area (Å²) < 4.78 is 5.47. The number of thiazole rings is 1. The molecule has 8 nitrogen and oxygen atoms in total. The SMILES string of the molecule is Cc1nc([C@@H](O)C2CCCN(c3nnnc4cc(N5CCOCC5)ccc34)C2)sc1C. The van der Waals surface area contributed by atoms with E-state index in [9.17, 15) is 5.11 Å². The first-order valence-electron chi connectivity index (χ1n) is 10.9. The van der Waals surface area contributed by atoms with Gasteiger partial charge in [-0.1, -0.05) is 0 Å². The summed E-state index contributed by atoms with van der Waals surface area (Å²) >= 11 is 1.60. The van der Waals surface area contributed by atoms with Crippen molar-refractivity contribution < 1.29 is 9.84 Å². The maximum absolute atomic E-state index is 11.0. The molecule has 0 bridgehead atoms. The molecule has 2 fully saturated rings. The number of ether oxygens (including phenoxy) is 1. The molecule has 2 saturated heterocycles. The highest BCUT2D eigenvalue weighted by atomic mass is 32.1. The van der Waals surface area contributed by atoms with Crippen molar-refractivity contribution in [3.05, 3.63) is 33.8 Å². The Bertz CT molecular complexity index is 1050. The maximum atomic E-state index is 11.0. The van der Waals surface area contributed by atoms with Crippen LogP contribution in [0.1, 0.15) is 34.5 Å². The normalized spacial score (nSPS) is 20.9. The average molecular weight is 441 g/mol. The van der Waals surface area contributed by atoms with Gasteiger partial charge in [0.2, 0.25) is 0 Å². The maximum Gasteiger partial charge on any atom is 0.162 e. The molecule has 4 heterocycles. The van der Waals surface area contributed by atoms with Gasteiger partial charge in [-0.3, -0.25) is 0 Å². The predicted molar refractivity (Wildman–Crippen MR) is 122 cm³/mol. The lowest BCUT2D eigenvalue weighted by Gasteiger charge is -2.35. The number of anilines is 2. The smallest absolute Gasteiger partial charge is 0.162 e. The number of hydrogen-bond acceptors (Lipinski definition) is 9. The molecule has 164 valence electrons. The number of morpholine rings is 1. The molecule has 1 N–H and O–H groups in total. The second kappa shape index (κ2) is 8.64. The van der Waals surface area contributed by atoms with Gasteiger partial charge in [-0.25, -0.2) is 4.98 Å². The highest BCUT2D eigenvalue weighted by Crippen LogP contribution is 2.35. The number of benzene rings is 1. The molecule has 2 aromatic heterocycles. The Labute approximate surface area is 185 Å². The molecule has 9 heteroatoms.